The smallest absolute Gasteiger partial charge is 0.273 e. The number of hydrogen-bond acceptors (Lipinski definition) is 3. The second kappa shape index (κ2) is 9.18. The van der Waals surface area contributed by atoms with Crippen molar-refractivity contribution in [1.29, 1.82) is 0 Å². The molecule has 4 aromatic rings. The Kier molecular flexibility index (Phi) is 5.93. The number of amides is 1. The fraction of sp³-hybridized carbons (Fsp3) is 0.241. The third-order valence-electron chi connectivity index (χ3n) is 6.43. The van der Waals surface area contributed by atoms with Gasteiger partial charge >= 0.3 is 0 Å². The van der Waals surface area contributed by atoms with Crippen molar-refractivity contribution in [2.75, 3.05) is 13.2 Å². The Morgan fingerprint density at radius 3 is 2.47 bits per heavy atom. The Labute approximate surface area is 200 Å². The molecule has 1 amide bonds. The summed E-state index contributed by atoms with van der Waals surface area (Å²) < 4.78 is 7.54. The van der Waals surface area contributed by atoms with Crippen molar-refractivity contribution in [2.24, 2.45) is 7.05 Å². The molecule has 0 unspecified atom stereocenters. The maximum atomic E-state index is 13.8. The van der Waals surface area contributed by atoms with Crippen LogP contribution in [-0.4, -0.2) is 33.7 Å². The van der Waals surface area contributed by atoms with Gasteiger partial charge in [0.1, 0.15) is 11.4 Å². The SMILES string of the molecule is CCOc1cccc([C@H]2c3c(-c4ccc(C)cc4)nn(C)c3C(=O)N2CCc2ccccc2)c1. The van der Waals surface area contributed by atoms with Crippen molar-refractivity contribution in [2.45, 2.75) is 26.3 Å². The Balaban J connectivity index is 1.62. The summed E-state index contributed by atoms with van der Waals surface area (Å²) in [5.74, 6) is 0.829. The highest BCUT2D eigenvalue weighted by molar-refractivity contribution is 6.00. The number of carbonyl (C=O) groups is 1. The highest BCUT2D eigenvalue weighted by Gasteiger charge is 2.43. The molecule has 2 heterocycles. The van der Waals surface area contributed by atoms with E-state index in [0.29, 0.717) is 18.8 Å². The van der Waals surface area contributed by atoms with E-state index >= 15 is 0 Å². The van der Waals surface area contributed by atoms with Gasteiger partial charge in [0.2, 0.25) is 0 Å². The Morgan fingerprint density at radius 1 is 0.971 bits per heavy atom. The molecule has 1 aliphatic rings. The van der Waals surface area contributed by atoms with E-state index in [1.807, 2.05) is 49.2 Å². The predicted octanol–water partition coefficient (Wildman–Crippen LogP) is 5.58. The fourth-order valence-electron chi connectivity index (χ4n) is 4.80. The van der Waals surface area contributed by atoms with Crippen LogP contribution in [0.25, 0.3) is 11.3 Å². The van der Waals surface area contributed by atoms with Crippen molar-refractivity contribution < 1.29 is 9.53 Å². The third-order valence-corrected chi connectivity index (χ3v) is 6.43. The lowest BCUT2D eigenvalue weighted by Gasteiger charge is -2.27. The molecule has 1 aliphatic heterocycles. The summed E-state index contributed by atoms with van der Waals surface area (Å²) in [5, 5.41) is 4.81. The van der Waals surface area contributed by atoms with Crippen LogP contribution < -0.4 is 4.74 Å². The van der Waals surface area contributed by atoms with Crippen LogP contribution in [-0.2, 0) is 13.5 Å². The number of nitrogens with zero attached hydrogens (tertiary/aromatic N) is 3. The zero-order valence-electron chi connectivity index (χ0n) is 19.9. The Bertz CT molecular complexity index is 1310. The van der Waals surface area contributed by atoms with E-state index in [9.17, 15) is 4.79 Å². The van der Waals surface area contributed by atoms with Crippen LogP contribution in [0.5, 0.6) is 5.75 Å². The summed E-state index contributed by atoms with van der Waals surface area (Å²) in [5.41, 5.74) is 6.95. The van der Waals surface area contributed by atoms with Crippen LogP contribution in [0.2, 0.25) is 0 Å². The standard InChI is InChI=1S/C29H29N3O2/c1-4-34-24-12-8-11-23(19-24)27-25-26(22-15-13-20(2)14-16-22)30-31(3)28(25)29(33)32(27)18-17-21-9-6-5-7-10-21/h5-16,19,27H,4,17-18H2,1-3H3/t27-/m0/s1. The van der Waals surface area contributed by atoms with E-state index in [0.717, 1.165) is 34.6 Å². The minimum Gasteiger partial charge on any atom is -0.494 e. The number of rotatable bonds is 7. The lowest BCUT2D eigenvalue weighted by molar-refractivity contribution is 0.0741. The molecule has 3 aromatic carbocycles. The maximum absolute atomic E-state index is 13.8. The molecule has 1 atom stereocenters. The van der Waals surface area contributed by atoms with E-state index in [1.165, 1.54) is 11.1 Å². The zero-order chi connectivity index (χ0) is 23.7. The molecule has 0 spiro atoms. The molecule has 34 heavy (non-hydrogen) atoms. The number of carbonyl (C=O) groups excluding carboxylic acids is 1. The maximum Gasteiger partial charge on any atom is 0.273 e. The number of benzene rings is 3. The van der Waals surface area contributed by atoms with Gasteiger partial charge < -0.3 is 9.64 Å². The van der Waals surface area contributed by atoms with E-state index in [4.69, 9.17) is 9.84 Å². The van der Waals surface area contributed by atoms with Crippen molar-refractivity contribution in [1.82, 2.24) is 14.7 Å². The topological polar surface area (TPSA) is 47.4 Å². The van der Waals surface area contributed by atoms with Crippen LogP contribution >= 0.6 is 0 Å². The highest BCUT2D eigenvalue weighted by Crippen LogP contribution is 2.44. The van der Waals surface area contributed by atoms with Crippen LogP contribution in [0.3, 0.4) is 0 Å². The van der Waals surface area contributed by atoms with Crippen LogP contribution in [0.4, 0.5) is 0 Å². The van der Waals surface area contributed by atoms with Gasteiger partial charge in [0.25, 0.3) is 5.91 Å². The largest absolute Gasteiger partial charge is 0.494 e. The van der Waals surface area contributed by atoms with E-state index < -0.39 is 0 Å². The first-order valence-corrected chi connectivity index (χ1v) is 11.8. The van der Waals surface area contributed by atoms with Crippen molar-refractivity contribution in [3.05, 3.63) is 107 Å². The molecule has 5 heteroatoms. The summed E-state index contributed by atoms with van der Waals surface area (Å²) in [7, 11) is 1.86. The van der Waals surface area contributed by atoms with E-state index in [-0.39, 0.29) is 11.9 Å². The molecule has 0 radical (unpaired) electrons. The molecular weight excluding hydrogens is 422 g/mol. The van der Waals surface area contributed by atoms with Gasteiger partial charge in [0, 0.05) is 24.7 Å². The molecule has 0 N–H and O–H groups in total. The third kappa shape index (κ3) is 3.98. The number of aryl methyl sites for hydroxylation is 2. The number of ether oxygens (including phenoxy) is 1. The summed E-state index contributed by atoms with van der Waals surface area (Å²) in [6.45, 7) is 5.27. The first kappa shape index (κ1) is 22.0. The Morgan fingerprint density at radius 2 is 1.74 bits per heavy atom. The van der Waals surface area contributed by atoms with Gasteiger partial charge in [-0.2, -0.15) is 5.10 Å². The minimum absolute atomic E-state index is 0.0195. The fourth-order valence-corrected chi connectivity index (χ4v) is 4.80. The Hall–Kier alpha value is -3.86. The monoisotopic (exact) mass is 451 g/mol. The summed E-state index contributed by atoms with van der Waals surface area (Å²) in [6.07, 6.45) is 0.787. The van der Waals surface area contributed by atoms with Gasteiger partial charge in [0.05, 0.1) is 18.3 Å². The molecule has 5 nitrogen and oxygen atoms in total. The van der Waals surface area contributed by atoms with Crippen LogP contribution in [0, 0.1) is 6.92 Å². The summed E-state index contributed by atoms with van der Waals surface area (Å²) in [4.78, 5) is 15.8. The molecule has 172 valence electrons. The van der Waals surface area contributed by atoms with Gasteiger partial charge in [-0.15, -0.1) is 0 Å². The highest BCUT2D eigenvalue weighted by atomic mass is 16.5. The first-order chi connectivity index (χ1) is 16.6. The zero-order valence-corrected chi connectivity index (χ0v) is 19.9. The summed E-state index contributed by atoms with van der Waals surface area (Å²) >= 11 is 0. The van der Waals surface area contributed by atoms with Gasteiger partial charge in [-0.05, 0) is 43.5 Å². The second-order valence-electron chi connectivity index (χ2n) is 8.74. The van der Waals surface area contributed by atoms with Gasteiger partial charge in [-0.25, -0.2) is 0 Å². The van der Waals surface area contributed by atoms with Crippen molar-refractivity contribution >= 4 is 5.91 Å². The van der Waals surface area contributed by atoms with Crippen molar-refractivity contribution in [3.63, 3.8) is 0 Å². The molecule has 0 saturated carbocycles. The van der Waals surface area contributed by atoms with E-state index in [2.05, 4.69) is 55.5 Å². The van der Waals surface area contributed by atoms with Crippen LogP contribution in [0.1, 0.15) is 45.7 Å². The molecular formula is C29H29N3O2. The average Bonchev–Trinajstić information content (AvgIpc) is 3.34. The van der Waals surface area contributed by atoms with Gasteiger partial charge in [-0.1, -0.05) is 72.3 Å². The van der Waals surface area contributed by atoms with Gasteiger partial charge in [0.15, 0.2) is 0 Å². The predicted molar refractivity (Wildman–Crippen MR) is 134 cm³/mol. The van der Waals surface area contributed by atoms with E-state index in [1.54, 1.807) is 4.68 Å². The number of hydrogen-bond donors (Lipinski definition) is 0. The lowest BCUT2D eigenvalue weighted by atomic mass is 9.95. The lowest BCUT2D eigenvalue weighted by Crippen LogP contribution is -2.32. The molecule has 0 saturated heterocycles. The molecule has 1 aromatic heterocycles. The van der Waals surface area contributed by atoms with Crippen molar-refractivity contribution in [3.8, 4) is 17.0 Å². The quantitative estimate of drug-likeness (QED) is 0.368. The number of fused-ring (bicyclic) bond motifs is 1. The van der Waals surface area contributed by atoms with Gasteiger partial charge in [-0.3, -0.25) is 9.48 Å². The molecule has 0 fully saturated rings. The molecule has 0 aliphatic carbocycles. The first-order valence-electron chi connectivity index (χ1n) is 11.8. The van der Waals surface area contributed by atoms with Crippen LogP contribution in [0.15, 0.2) is 78.9 Å². The average molecular weight is 452 g/mol. The molecule has 5 rings (SSSR count). The summed E-state index contributed by atoms with van der Waals surface area (Å²) in [6, 6.07) is 26.5. The second-order valence-corrected chi connectivity index (χ2v) is 8.74. The minimum atomic E-state index is -0.225. The number of aromatic nitrogens is 2. The normalized spacial score (nSPS) is 15.0. The molecule has 0 bridgehead atoms.